The van der Waals surface area contributed by atoms with Gasteiger partial charge in [-0.2, -0.15) is 0 Å². The monoisotopic (exact) mass is 645 g/mol. The summed E-state index contributed by atoms with van der Waals surface area (Å²) in [6.07, 6.45) is 0.977. The number of sulfonamides is 1. The molecule has 4 rings (SSSR count). The topological polar surface area (TPSA) is 86.8 Å². The molecule has 1 N–H and O–H groups in total. The van der Waals surface area contributed by atoms with Crippen LogP contribution in [0.15, 0.2) is 108 Å². The summed E-state index contributed by atoms with van der Waals surface area (Å²) in [5.41, 5.74) is 3.77. The Morgan fingerprint density at radius 1 is 0.822 bits per heavy atom. The molecule has 45 heavy (non-hydrogen) atoms. The number of hydrogen-bond acceptors (Lipinski definition) is 4. The van der Waals surface area contributed by atoms with E-state index in [9.17, 15) is 18.0 Å². The summed E-state index contributed by atoms with van der Waals surface area (Å²) in [7, 11) is -4.20. The van der Waals surface area contributed by atoms with E-state index in [0.29, 0.717) is 16.3 Å². The number of hydrogen-bond donors (Lipinski definition) is 1. The van der Waals surface area contributed by atoms with Crippen molar-refractivity contribution in [2.24, 2.45) is 0 Å². The first-order valence-electron chi connectivity index (χ1n) is 15.0. The zero-order valence-corrected chi connectivity index (χ0v) is 27.7. The molecule has 2 amide bonds. The van der Waals surface area contributed by atoms with Crippen molar-refractivity contribution in [1.82, 2.24) is 10.2 Å². The smallest absolute Gasteiger partial charge is 0.264 e. The van der Waals surface area contributed by atoms with Crippen LogP contribution < -0.4 is 9.62 Å². The molecule has 7 nitrogen and oxygen atoms in total. The van der Waals surface area contributed by atoms with E-state index in [2.05, 4.69) is 5.32 Å². The van der Waals surface area contributed by atoms with E-state index in [4.69, 9.17) is 11.6 Å². The summed E-state index contributed by atoms with van der Waals surface area (Å²) in [6, 6.07) is 29.1. The van der Waals surface area contributed by atoms with Gasteiger partial charge in [-0.25, -0.2) is 8.42 Å². The minimum absolute atomic E-state index is 0.00348. The van der Waals surface area contributed by atoms with Gasteiger partial charge in [-0.3, -0.25) is 13.9 Å². The van der Waals surface area contributed by atoms with Gasteiger partial charge < -0.3 is 10.2 Å². The Bertz CT molecular complexity index is 1710. The second-order valence-corrected chi connectivity index (χ2v) is 13.5. The molecule has 4 aromatic rings. The van der Waals surface area contributed by atoms with Gasteiger partial charge in [-0.05, 0) is 79.8 Å². The van der Waals surface area contributed by atoms with Crippen LogP contribution in [0.1, 0.15) is 42.5 Å². The molecule has 236 valence electrons. The molecule has 0 aliphatic carbocycles. The van der Waals surface area contributed by atoms with Gasteiger partial charge in [0.05, 0.1) is 10.6 Å². The molecule has 0 fully saturated rings. The maximum absolute atomic E-state index is 14.6. The maximum atomic E-state index is 14.6. The molecule has 9 heteroatoms. The minimum Gasteiger partial charge on any atom is -0.352 e. The predicted octanol–water partition coefficient (Wildman–Crippen LogP) is 6.71. The quantitative estimate of drug-likeness (QED) is 0.175. The Balaban J connectivity index is 1.83. The Morgan fingerprint density at radius 2 is 1.42 bits per heavy atom. The fourth-order valence-corrected chi connectivity index (χ4v) is 6.66. The van der Waals surface area contributed by atoms with Crippen molar-refractivity contribution >= 4 is 39.1 Å². The van der Waals surface area contributed by atoms with Crippen LogP contribution in [0.2, 0.25) is 5.02 Å². The van der Waals surface area contributed by atoms with Crippen LogP contribution in [0, 0.1) is 13.8 Å². The van der Waals surface area contributed by atoms with Crippen LogP contribution in [0.3, 0.4) is 0 Å². The molecule has 0 aliphatic rings. The predicted molar refractivity (Wildman–Crippen MR) is 181 cm³/mol. The molecule has 0 saturated heterocycles. The third kappa shape index (κ3) is 8.53. The standard InChI is InChI=1S/C36H40ClN3O4S/c1-5-28(4)38-36(42)34(23-29-15-7-6-8-16-29)39(24-30-17-11-9-13-26(30)2)35(41)25-40(33-18-12-10-14-27(33)3)45(43,44)32-21-19-31(37)20-22-32/h6-22,28,34H,5,23-25H2,1-4H3,(H,38,42)/t28-,34+/m1/s1. The van der Waals surface area contributed by atoms with Gasteiger partial charge in [0.25, 0.3) is 10.0 Å². The molecular weight excluding hydrogens is 606 g/mol. The van der Waals surface area contributed by atoms with Gasteiger partial charge in [0.1, 0.15) is 12.6 Å². The summed E-state index contributed by atoms with van der Waals surface area (Å²) in [5, 5.41) is 3.46. The summed E-state index contributed by atoms with van der Waals surface area (Å²) < 4.78 is 29.5. The Hall–Kier alpha value is -4.14. The van der Waals surface area contributed by atoms with Crippen LogP contribution >= 0.6 is 11.6 Å². The second-order valence-electron chi connectivity index (χ2n) is 11.2. The van der Waals surface area contributed by atoms with Gasteiger partial charge in [0.15, 0.2) is 0 Å². The minimum atomic E-state index is -4.20. The lowest BCUT2D eigenvalue weighted by molar-refractivity contribution is -0.140. The summed E-state index contributed by atoms with van der Waals surface area (Å²) in [4.78, 5) is 30.1. The Labute approximate surface area is 271 Å². The van der Waals surface area contributed by atoms with Gasteiger partial charge in [0, 0.05) is 24.0 Å². The molecular formula is C36H40ClN3O4S. The van der Waals surface area contributed by atoms with Crippen molar-refractivity contribution in [2.75, 3.05) is 10.8 Å². The lowest BCUT2D eigenvalue weighted by atomic mass is 10.0. The zero-order chi connectivity index (χ0) is 32.6. The highest BCUT2D eigenvalue weighted by Gasteiger charge is 2.35. The largest absolute Gasteiger partial charge is 0.352 e. The summed E-state index contributed by atoms with van der Waals surface area (Å²) in [5.74, 6) is -0.794. The van der Waals surface area contributed by atoms with E-state index in [0.717, 1.165) is 27.4 Å². The highest BCUT2D eigenvalue weighted by molar-refractivity contribution is 7.92. The van der Waals surface area contributed by atoms with E-state index >= 15 is 0 Å². The van der Waals surface area contributed by atoms with Gasteiger partial charge in [-0.15, -0.1) is 0 Å². The average molecular weight is 646 g/mol. The number of nitrogens with zero attached hydrogens (tertiary/aromatic N) is 2. The fraction of sp³-hybridized carbons (Fsp3) is 0.278. The van der Waals surface area contributed by atoms with E-state index in [1.807, 2.05) is 81.4 Å². The lowest BCUT2D eigenvalue weighted by Gasteiger charge is -2.35. The number of anilines is 1. The van der Waals surface area contributed by atoms with Crippen molar-refractivity contribution in [1.29, 1.82) is 0 Å². The van der Waals surface area contributed by atoms with Crippen molar-refractivity contribution in [3.63, 3.8) is 0 Å². The van der Waals surface area contributed by atoms with E-state index < -0.39 is 28.5 Å². The number of aryl methyl sites for hydroxylation is 2. The highest BCUT2D eigenvalue weighted by Crippen LogP contribution is 2.28. The molecule has 2 atom stereocenters. The number of rotatable bonds is 13. The molecule has 0 saturated carbocycles. The summed E-state index contributed by atoms with van der Waals surface area (Å²) in [6.45, 7) is 7.27. The average Bonchev–Trinajstić information content (AvgIpc) is 3.03. The molecule has 4 aromatic carbocycles. The van der Waals surface area contributed by atoms with E-state index in [1.54, 1.807) is 25.1 Å². The normalized spacial score (nSPS) is 12.6. The maximum Gasteiger partial charge on any atom is 0.264 e. The molecule has 0 bridgehead atoms. The second kappa shape index (κ2) is 15.2. The van der Waals surface area contributed by atoms with Gasteiger partial charge >= 0.3 is 0 Å². The molecule has 0 radical (unpaired) electrons. The number of para-hydroxylation sites is 1. The van der Waals surface area contributed by atoms with Crippen LogP contribution in [0.4, 0.5) is 5.69 Å². The number of nitrogens with one attached hydrogen (secondary N) is 1. The Morgan fingerprint density at radius 3 is 2.04 bits per heavy atom. The molecule has 0 unspecified atom stereocenters. The zero-order valence-electron chi connectivity index (χ0n) is 26.1. The number of halogens is 1. The van der Waals surface area contributed by atoms with E-state index in [1.165, 1.54) is 29.2 Å². The first kappa shape index (κ1) is 33.7. The van der Waals surface area contributed by atoms with Gasteiger partial charge in [-0.1, -0.05) is 91.3 Å². The molecule has 0 spiro atoms. The highest BCUT2D eigenvalue weighted by atomic mass is 35.5. The lowest BCUT2D eigenvalue weighted by Crippen LogP contribution is -2.54. The third-order valence-corrected chi connectivity index (χ3v) is 9.96. The van der Waals surface area contributed by atoms with Gasteiger partial charge in [0.2, 0.25) is 11.8 Å². The van der Waals surface area contributed by atoms with Crippen molar-refractivity contribution in [3.05, 3.63) is 130 Å². The number of carbonyl (C=O) groups excluding carboxylic acids is 2. The number of benzene rings is 4. The number of carbonyl (C=O) groups is 2. The van der Waals surface area contributed by atoms with Crippen molar-refractivity contribution in [2.45, 2.75) is 64.1 Å². The van der Waals surface area contributed by atoms with Crippen LogP contribution in [0.5, 0.6) is 0 Å². The van der Waals surface area contributed by atoms with Crippen LogP contribution in [-0.4, -0.2) is 43.8 Å². The fourth-order valence-electron chi connectivity index (χ4n) is 5.06. The van der Waals surface area contributed by atoms with Crippen LogP contribution in [0.25, 0.3) is 0 Å². The third-order valence-electron chi connectivity index (χ3n) is 7.94. The first-order valence-corrected chi connectivity index (χ1v) is 16.8. The Kier molecular flexibility index (Phi) is 11.4. The van der Waals surface area contributed by atoms with Crippen LogP contribution in [-0.2, 0) is 32.6 Å². The van der Waals surface area contributed by atoms with Crippen molar-refractivity contribution < 1.29 is 18.0 Å². The first-order chi connectivity index (χ1) is 21.5. The van der Waals surface area contributed by atoms with Crippen molar-refractivity contribution in [3.8, 4) is 0 Å². The molecule has 0 aromatic heterocycles. The SMILES string of the molecule is CC[C@@H](C)NC(=O)[C@H](Cc1ccccc1)N(Cc1ccccc1C)C(=O)CN(c1ccccc1C)S(=O)(=O)c1ccc(Cl)cc1. The molecule has 0 aliphatic heterocycles. The summed E-state index contributed by atoms with van der Waals surface area (Å²) >= 11 is 6.07. The number of amides is 2. The van der Waals surface area contributed by atoms with E-state index in [-0.39, 0.29) is 29.8 Å². The molecule has 0 heterocycles.